The highest BCUT2D eigenvalue weighted by Crippen LogP contribution is 2.39. The van der Waals surface area contributed by atoms with Crippen molar-refractivity contribution in [2.45, 2.75) is 40.2 Å². The van der Waals surface area contributed by atoms with E-state index in [1.54, 1.807) is 6.26 Å². The quantitative estimate of drug-likeness (QED) is 0.859. The summed E-state index contributed by atoms with van der Waals surface area (Å²) in [6.07, 6.45) is 3.18. The van der Waals surface area contributed by atoms with Gasteiger partial charge in [-0.05, 0) is 30.9 Å². The van der Waals surface area contributed by atoms with Crippen LogP contribution in [0, 0.1) is 5.41 Å². The second-order valence-electron chi connectivity index (χ2n) is 6.31. The molecule has 0 amide bonds. The molecule has 0 aromatic carbocycles. The smallest absolute Gasteiger partial charge is 0.186 e. The van der Waals surface area contributed by atoms with Crippen molar-refractivity contribution in [3.63, 3.8) is 0 Å². The highest BCUT2D eigenvalue weighted by atomic mass is 32.1. The molecule has 2 aromatic heterocycles. The number of fused-ring (bicyclic) bond motifs is 1. The molecule has 0 fully saturated rings. The zero-order chi connectivity index (χ0) is 15.0. The van der Waals surface area contributed by atoms with Crippen molar-refractivity contribution < 1.29 is 9.21 Å². The summed E-state index contributed by atoms with van der Waals surface area (Å²) in [6, 6.07) is 3.85. The van der Waals surface area contributed by atoms with Crippen LogP contribution in [-0.4, -0.2) is 17.3 Å². The fraction of sp³-hybridized carbons (Fsp3) is 0.500. The molecule has 0 saturated heterocycles. The van der Waals surface area contributed by atoms with Gasteiger partial charge in [0.2, 0.25) is 0 Å². The summed E-state index contributed by atoms with van der Waals surface area (Å²) in [4.78, 5) is 20.0. The summed E-state index contributed by atoms with van der Waals surface area (Å²) in [5.41, 5.74) is 0.988. The molecule has 0 radical (unpaired) electrons. The molecule has 5 heteroatoms. The van der Waals surface area contributed by atoms with Crippen molar-refractivity contribution in [1.29, 1.82) is 0 Å². The van der Waals surface area contributed by atoms with Gasteiger partial charge in [0, 0.05) is 13.0 Å². The van der Waals surface area contributed by atoms with Gasteiger partial charge in [-0.15, -0.1) is 0 Å². The predicted octanol–water partition coefficient (Wildman–Crippen LogP) is 3.92. The van der Waals surface area contributed by atoms with Gasteiger partial charge >= 0.3 is 0 Å². The zero-order valence-corrected chi connectivity index (χ0v) is 13.5. The first-order chi connectivity index (χ1) is 9.98. The minimum atomic E-state index is 0.0213. The van der Waals surface area contributed by atoms with Gasteiger partial charge in [-0.3, -0.25) is 4.79 Å². The molecule has 0 spiro atoms. The molecule has 3 rings (SSSR count). The highest BCUT2D eigenvalue weighted by molar-refractivity contribution is 7.17. The van der Waals surface area contributed by atoms with Gasteiger partial charge in [0.15, 0.2) is 10.9 Å². The second-order valence-corrected chi connectivity index (χ2v) is 7.28. The van der Waals surface area contributed by atoms with E-state index in [2.05, 4.69) is 25.7 Å². The van der Waals surface area contributed by atoms with E-state index in [9.17, 15) is 4.79 Å². The Bertz CT molecular complexity index is 643. The summed E-state index contributed by atoms with van der Waals surface area (Å²) in [5, 5.41) is 0.921. The van der Waals surface area contributed by atoms with Crippen LogP contribution in [0.5, 0.6) is 0 Å². The van der Waals surface area contributed by atoms with E-state index < -0.39 is 0 Å². The van der Waals surface area contributed by atoms with Crippen LogP contribution in [0.15, 0.2) is 22.8 Å². The number of carbonyl (C=O) groups is 1. The maximum Gasteiger partial charge on any atom is 0.186 e. The number of aromatic nitrogens is 1. The van der Waals surface area contributed by atoms with Gasteiger partial charge in [0.05, 0.1) is 23.4 Å². The van der Waals surface area contributed by atoms with Gasteiger partial charge in [0.1, 0.15) is 5.76 Å². The Kier molecular flexibility index (Phi) is 3.61. The summed E-state index contributed by atoms with van der Waals surface area (Å²) < 4.78 is 5.41. The SMILES string of the molecule is CCN(Cc1ccco1)c1nc2c(s1)C(=O)CC(C)(C)C2. The average molecular weight is 304 g/mol. The molecule has 21 heavy (non-hydrogen) atoms. The summed E-state index contributed by atoms with van der Waals surface area (Å²) in [6.45, 7) is 7.88. The molecular weight excluding hydrogens is 284 g/mol. The minimum absolute atomic E-state index is 0.0213. The molecule has 2 aromatic rings. The minimum Gasteiger partial charge on any atom is -0.467 e. The van der Waals surface area contributed by atoms with Crippen molar-refractivity contribution >= 4 is 22.3 Å². The maximum atomic E-state index is 12.3. The van der Waals surface area contributed by atoms with Crippen LogP contribution < -0.4 is 4.90 Å². The number of rotatable bonds is 4. The van der Waals surface area contributed by atoms with Crippen molar-refractivity contribution in [2.75, 3.05) is 11.4 Å². The fourth-order valence-corrected chi connectivity index (χ4v) is 3.83. The number of anilines is 1. The van der Waals surface area contributed by atoms with Crippen LogP contribution in [0.3, 0.4) is 0 Å². The number of furan rings is 1. The molecule has 2 heterocycles. The van der Waals surface area contributed by atoms with Gasteiger partial charge < -0.3 is 9.32 Å². The molecule has 1 aliphatic carbocycles. The van der Waals surface area contributed by atoms with E-state index in [1.807, 2.05) is 12.1 Å². The number of Topliss-reactive ketones (excluding diaryl/α,β-unsaturated/α-hetero) is 1. The van der Waals surface area contributed by atoms with E-state index in [-0.39, 0.29) is 11.2 Å². The Morgan fingerprint density at radius 2 is 2.24 bits per heavy atom. The van der Waals surface area contributed by atoms with Crippen LogP contribution in [0.2, 0.25) is 0 Å². The standard InChI is InChI=1S/C16H20N2O2S/c1-4-18(10-11-6-5-7-20-11)15-17-12-8-16(2,3)9-13(19)14(12)21-15/h5-7H,4,8-10H2,1-3H3. The maximum absolute atomic E-state index is 12.3. The lowest BCUT2D eigenvalue weighted by molar-refractivity contribution is 0.0916. The first-order valence-electron chi connectivity index (χ1n) is 7.29. The van der Waals surface area contributed by atoms with Crippen molar-refractivity contribution in [1.82, 2.24) is 4.98 Å². The number of ketones is 1. The Morgan fingerprint density at radius 1 is 1.43 bits per heavy atom. The first kappa shape index (κ1) is 14.3. The van der Waals surface area contributed by atoms with E-state index in [4.69, 9.17) is 9.40 Å². The largest absolute Gasteiger partial charge is 0.467 e. The number of nitrogens with zero attached hydrogens (tertiary/aromatic N) is 2. The number of carbonyl (C=O) groups excluding carboxylic acids is 1. The van der Waals surface area contributed by atoms with Crippen LogP contribution in [0.1, 0.15) is 48.3 Å². The molecule has 0 bridgehead atoms. The average Bonchev–Trinajstić information content (AvgIpc) is 3.03. The molecule has 0 saturated carbocycles. The second kappa shape index (κ2) is 5.30. The van der Waals surface area contributed by atoms with Gasteiger partial charge in [0.25, 0.3) is 0 Å². The molecule has 112 valence electrons. The Labute approximate surface area is 128 Å². The third-order valence-electron chi connectivity index (χ3n) is 3.80. The van der Waals surface area contributed by atoms with Crippen molar-refractivity contribution in [2.24, 2.45) is 5.41 Å². The normalized spacial score (nSPS) is 16.8. The topological polar surface area (TPSA) is 46.3 Å². The lowest BCUT2D eigenvalue weighted by Gasteiger charge is -2.26. The van der Waals surface area contributed by atoms with Crippen molar-refractivity contribution in [3.05, 3.63) is 34.7 Å². The van der Waals surface area contributed by atoms with E-state index in [0.717, 1.165) is 34.4 Å². The van der Waals surface area contributed by atoms with E-state index >= 15 is 0 Å². The number of hydrogen-bond acceptors (Lipinski definition) is 5. The monoisotopic (exact) mass is 304 g/mol. The number of thiazole rings is 1. The first-order valence-corrected chi connectivity index (χ1v) is 8.10. The Balaban J connectivity index is 1.88. The fourth-order valence-electron chi connectivity index (χ4n) is 2.75. The van der Waals surface area contributed by atoms with Crippen molar-refractivity contribution in [3.8, 4) is 0 Å². The Hall–Kier alpha value is -1.62. The summed E-state index contributed by atoms with van der Waals surface area (Å²) in [7, 11) is 0. The van der Waals surface area contributed by atoms with Crippen LogP contribution in [-0.2, 0) is 13.0 Å². The third kappa shape index (κ3) is 2.88. The third-order valence-corrected chi connectivity index (χ3v) is 5.00. The Morgan fingerprint density at radius 3 is 2.90 bits per heavy atom. The van der Waals surface area contributed by atoms with Crippen LogP contribution >= 0.6 is 11.3 Å². The molecular formula is C16H20N2O2S. The van der Waals surface area contributed by atoms with Gasteiger partial charge in [-0.2, -0.15) is 0 Å². The van der Waals surface area contributed by atoms with E-state index in [1.165, 1.54) is 11.3 Å². The van der Waals surface area contributed by atoms with Crippen LogP contribution in [0.25, 0.3) is 0 Å². The molecule has 0 aliphatic heterocycles. The lowest BCUT2D eigenvalue weighted by atomic mass is 9.78. The lowest BCUT2D eigenvalue weighted by Crippen LogP contribution is -2.26. The molecule has 0 unspecified atom stereocenters. The molecule has 4 nitrogen and oxygen atoms in total. The zero-order valence-electron chi connectivity index (χ0n) is 12.7. The summed E-state index contributed by atoms with van der Waals surface area (Å²) in [5.74, 6) is 1.15. The van der Waals surface area contributed by atoms with E-state index in [0.29, 0.717) is 13.0 Å². The molecule has 0 atom stereocenters. The number of hydrogen-bond donors (Lipinski definition) is 0. The predicted molar refractivity (Wildman–Crippen MR) is 84.0 cm³/mol. The molecule has 0 N–H and O–H groups in total. The highest BCUT2D eigenvalue weighted by Gasteiger charge is 2.34. The van der Waals surface area contributed by atoms with Crippen LogP contribution in [0.4, 0.5) is 5.13 Å². The van der Waals surface area contributed by atoms with Gasteiger partial charge in [-0.1, -0.05) is 25.2 Å². The molecule has 1 aliphatic rings. The summed E-state index contributed by atoms with van der Waals surface area (Å²) >= 11 is 1.52. The van der Waals surface area contributed by atoms with Gasteiger partial charge in [-0.25, -0.2) is 4.98 Å².